The minimum absolute atomic E-state index is 0.148. The van der Waals surface area contributed by atoms with E-state index in [0.29, 0.717) is 12.5 Å². The van der Waals surface area contributed by atoms with Crippen molar-refractivity contribution in [2.75, 3.05) is 6.54 Å². The van der Waals surface area contributed by atoms with Crippen LogP contribution in [0, 0.1) is 12.8 Å². The van der Waals surface area contributed by atoms with Gasteiger partial charge in [0.2, 0.25) is 15.9 Å². The van der Waals surface area contributed by atoms with Crippen molar-refractivity contribution >= 4 is 26.8 Å². The highest BCUT2D eigenvalue weighted by molar-refractivity contribution is 7.89. The SMILES string of the molecule is Cc1ccc(S(=O)(=O)N[C@@H](Cc2c[nH]c3ccccc23)C(=O)NCCCC(C)C)cc1. The van der Waals surface area contributed by atoms with Crippen LogP contribution in [0.25, 0.3) is 10.9 Å². The maximum absolute atomic E-state index is 13.0. The molecule has 0 bridgehead atoms. The van der Waals surface area contributed by atoms with Crippen LogP contribution in [-0.4, -0.2) is 31.9 Å². The van der Waals surface area contributed by atoms with E-state index in [1.807, 2.05) is 37.4 Å². The Morgan fingerprint density at radius 1 is 1.06 bits per heavy atom. The van der Waals surface area contributed by atoms with Gasteiger partial charge in [-0.3, -0.25) is 4.79 Å². The van der Waals surface area contributed by atoms with Crippen LogP contribution >= 0.6 is 0 Å². The summed E-state index contributed by atoms with van der Waals surface area (Å²) in [6.45, 7) is 6.69. The molecule has 1 atom stereocenters. The number of H-pyrrole nitrogens is 1. The Bertz CT molecular complexity index is 1120. The number of hydrogen-bond acceptors (Lipinski definition) is 3. The van der Waals surface area contributed by atoms with Gasteiger partial charge in [0.15, 0.2) is 0 Å². The molecular formula is C24H31N3O3S. The number of aromatic nitrogens is 1. The Morgan fingerprint density at radius 2 is 1.77 bits per heavy atom. The minimum Gasteiger partial charge on any atom is -0.361 e. The van der Waals surface area contributed by atoms with E-state index in [-0.39, 0.29) is 17.2 Å². The fourth-order valence-corrected chi connectivity index (χ4v) is 4.72. The third-order valence-electron chi connectivity index (χ3n) is 5.30. The molecule has 0 aliphatic heterocycles. The fraction of sp³-hybridized carbons (Fsp3) is 0.375. The van der Waals surface area contributed by atoms with E-state index in [1.54, 1.807) is 24.3 Å². The molecule has 31 heavy (non-hydrogen) atoms. The molecule has 0 spiro atoms. The number of carbonyl (C=O) groups is 1. The first-order valence-electron chi connectivity index (χ1n) is 10.7. The van der Waals surface area contributed by atoms with Crippen molar-refractivity contribution in [3.8, 4) is 0 Å². The molecule has 1 amide bonds. The van der Waals surface area contributed by atoms with Crippen LogP contribution in [0.4, 0.5) is 0 Å². The number of aromatic amines is 1. The zero-order valence-electron chi connectivity index (χ0n) is 18.3. The van der Waals surface area contributed by atoms with Gasteiger partial charge < -0.3 is 10.3 Å². The number of sulfonamides is 1. The average Bonchev–Trinajstić information content (AvgIpc) is 3.13. The van der Waals surface area contributed by atoms with Crippen molar-refractivity contribution in [2.45, 2.75) is 51.0 Å². The highest BCUT2D eigenvalue weighted by Gasteiger charge is 2.26. The van der Waals surface area contributed by atoms with Crippen LogP contribution in [0.3, 0.4) is 0 Å². The summed E-state index contributed by atoms with van der Waals surface area (Å²) in [4.78, 5) is 16.3. The second-order valence-electron chi connectivity index (χ2n) is 8.38. The summed E-state index contributed by atoms with van der Waals surface area (Å²) in [5, 5.41) is 3.89. The zero-order chi connectivity index (χ0) is 22.4. The quantitative estimate of drug-likeness (QED) is 0.417. The molecule has 6 nitrogen and oxygen atoms in total. The first kappa shape index (κ1) is 23.0. The van der Waals surface area contributed by atoms with Crippen LogP contribution < -0.4 is 10.0 Å². The molecule has 0 saturated carbocycles. The molecule has 1 heterocycles. The second kappa shape index (κ2) is 10.1. The van der Waals surface area contributed by atoms with Gasteiger partial charge in [0.05, 0.1) is 4.90 Å². The van der Waals surface area contributed by atoms with Crippen molar-refractivity contribution < 1.29 is 13.2 Å². The van der Waals surface area contributed by atoms with E-state index in [9.17, 15) is 13.2 Å². The number of rotatable bonds is 10. The maximum atomic E-state index is 13.0. The lowest BCUT2D eigenvalue weighted by Crippen LogP contribution is -2.48. The summed E-state index contributed by atoms with van der Waals surface area (Å²) in [6, 6.07) is 13.5. The largest absolute Gasteiger partial charge is 0.361 e. The van der Waals surface area contributed by atoms with Crippen LogP contribution in [0.1, 0.15) is 37.8 Å². The molecule has 0 saturated heterocycles. The molecule has 0 radical (unpaired) electrons. The van der Waals surface area contributed by atoms with Crippen molar-refractivity contribution in [2.24, 2.45) is 5.92 Å². The van der Waals surface area contributed by atoms with Gasteiger partial charge in [-0.05, 0) is 55.9 Å². The van der Waals surface area contributed by atoms with Gasteiger partial charge in [-0.25, -0.2) is 8.42 Å². The van der Waals surface area contributed by atoms with E-state index < -0.39 is 16.1 Å². The molecule has 7 heteroatoms. The van der Waals surface area contributed by atoms with Gasteiger partial charge in [-0.1, -0.05) is 49.7 Å². The summed E-state index contributed by atoms with van der Waals surface area (Å²) >= 11 is 0. The maximum Gasteiger partial charge on any atom is 0.241 e. The average molecular weight is 442 g/mol. The fourth-order valence-electron chi connectivity index (χ4n) is 3.53. The van der Waals surface area contributed by atoms with Crippen molar-refractivity contribution in [3.63, 3.8) is 0 Å². The standard InChI is InChI=1S/C24H31N3O3S/c1-17(2)7-6-14-25-24(28)23(15-19-16-26-22-9-5-4-8-21(19)22)27-31(29,30)20-12-10-18(3)11-13-20/h4-5,8-13,16-17,23,26-27H,6-7,14-15H2,1-3H3,(H,25,28)/t23-/m0/s1. The Balaban J connectivity index is 1.81. The number of benzene rings is 2. The second-order valence-corrected chi connectivity index (χ2v) is 10.1. The Labute approximate surface area is 184 Å². The topological polar surface area (TPSA) is 91.1 Å². The van der Waals surface area contributed by atoms with E-state index in [1.165, 1.54) is 0 Å². The van der Waals surface area contributed by atoms with E-state index in [2.05, 4.69) is 28.9 Å². The van der Waals surface area contributed by atoms with Crippen molar-refractivity contribution in [1.29, 1.82) is 0 Å². The molecule has 166 valence electrons. The first-order valence-corrected chi connectivity index (χ1v) is 12.2. The molecule has 0 aliphatic rings. The summed E-state index contributed by atoms with van der Waals surface area (Å²) in [5.41, 5.74) is 2.82. The normalized spacial score (nSPS) is 12.9. The summed E-state index contributed by atoms with van der Waals surface area (Å²) in [7, 11) is -3.84. The monoisotopic (exact) mass is 441 g/mol. The van der Waals surface area contributed by atoms with Gasteiger partial charge in [0.25, 0.3) is 0 Å². The molecule has 1 aromatic heterocycles. The predicted octanol–water partition coefficient (Wildman–Crippen LogP) is 3.92. The number of carbonyl (C=O) groups excluding carboxylic acids is 1. The molecule has 0 aliphatic carbocycles. The van der Waals surface area contributed by atoms with Gasteiger partial charge in [0.1, 0.15) is 6.04 Å². The molecule has 3 rings (SSSR count). The number of fused-ring (bicyclic) bond motifs is 1. The van der Waals surface area contributed by atoms with Gasteiger partial charge >= 0.3 is 0 Å². The predicted molar refractivity (Wildman–Crippen MR) is 124 cm³/mol. The summed E-state index contributed by atoms with van der Waals surface area (Å²) in [5.74, 6) is 0.240. The van der Waals surface area contributed by atoms with Crippen LogP contribution in [0.5, 0.6) is 0 Å². The highest BCUT2D eigenvalue weighted by Crippen LogP contribution is 2.20. The lowest BCUT2D eigenvalue weighted by Gasteiger charge is -2.19. The molecule has 2 aromatic carbocycles. The van der Waals surface area contributed by atoms with Crippen molar-refractivity contribution in [1.82, 2.24) is 15.0 Å². The molecule has 3 aromatic rings. The third-order valence-corrected chi connectivity index (χ3v) is 6.79. The Kier molecular flexibility index (Phi) is 7.51. The summed E-state index contributed by atoms with van der Waals surface area (Å²) in [6.07, 6.45) is 3.95. The lowest BCUT2D eigenvalue weighted by atomic mass is 10.0. The van der Waals surface area contributed by atoms with Gasteiger partial charge in [0, 0.05) is 23.6 Å². The van der Waals surface area contributed by atoms with Crippen molar-refractivity contribution in [3.05, 3.63) is 65.9 Å². The molecule has 0 unspecified atom stereocenters. The van der Waals surface area contributed by atoms with Crippen LogP contribution in [0.15, 0.2) is 59.6 Å². The van der Waals surface area contributed by atoms with E-state index in [0.717, 1.165) is 34.9 Å². The molecule has 3 N–H and O–H groups in total. The number of nitrogens with one attached hydrogen (secondary N) is 3. The number of amides is 1. The number of para-hydroxylation sites is 1. The molecular weight excluding hydrogens is 410 g/mol. The van der Waals surface area contributed by atoms with E-state index in [4.69, 9.17) is 0 Å². The number of aryl methyl sites for hydroxylation is 1. The minimum atomic E-state index is -3.84. The Morgan fingerprint density at radius 3 is 2.48 bits per heavy atom. The lowest BCUT2D eigenvalue weighted by molar-refractivity contribution is -0.122. The van der Waals surface area contributed by atoms with E-state index >= 15 is 0 Å². The summed E-state index contributed by atoms with van der Waals surface area (Å²) < 4.78 is 28.6. The van der Waals surface area contributed by atoms with Gasteiger partial charge in [-0.2, -0.15) is 4.72 Å². The smallest absolute Gasteiger partial charge is 0.241 e. The van der Waals surface area contributed by atoms with Gasteiger partial charge in [-0.15, -0.1) is 0 Å². The zero-order valence-corrected chi connectivity index (χ0v) is 19.1. The molecule has 0 fully saturated rings. The highest BCUT2D eigenvalue weighted by atomic mass is 32.2. The van der Waals surface area contributed by atoms with Crippen LogP contribution in [-0.2, 0) is 21.2 Å². The van der Waals surface area contributed by atoms with Crippen LogP contribution in [0.2, 0.25) is 0 Å². The Hall–Kier alpha value is -2.64. The number of hydrogen-bond donors (Lipinski definition) is 3. The first-order chi connectivity index (χ1) is 14.8. The third kappa shape index (κ3) is 6.18.